The zero-order valence-corrected chi connectivity index (χ0v) is 18.0. The van der Waals surface area contributed by atoms with E-state index in [-0.39, 0.29) is 35.1 Å². The van der Waals surface area contributed by atoms with Crippen LogP contribution in [0.5, 0.6) is 0 Å². The zero-order valence-electron chi connectivity index (χ0n) is 18.0. The van der Waals surface area contributed by atoms with E-state index in [9.17, 15) is 19.5 Å². The molecule has 0 aliphatic carbocycles. The second kappa shape index (κ2) is 9.32. The number of carbonyl (C=O) groups excluding carboxylic acids is 1. The van der Waals surface area contributed by atoms with E-state index in [0.717, 1.165) is 11.1 Å². The summed E-state index contributed by atoms with van der Waals surface area (Å²) in [6.45, 7) is 9.83. The van der Waals surface area contributed by atoms with Crippen molar-refractivity contribution in [2.45, 2.75) is 65.4 Å². The molecule has 31 heavy (non-hydrogen) atoms. The number of carboxylic acids is 1. The molecule has 164 valence electrons. The fraction of sp³-hybridized carbons (Fsp3) is 0.500. The monoisotopic (exact) mass is 440 g/mol. The van der Waals surface area contributed by atoms with E-state index < -0.39 is 28.8 Å². The number of hydrogen-bond donors (Lipinski definition) is 2. The molecule has 0 fully saturated rings. The van der Waals surface area contributed by atoms with Crippen LogP contribution >= 0.6 is 0 Å². The molecule has 8 nitrogen and oxygen atoms in total. The first-order chi connectivity index (χ1) is 13.9. The number of aromatic carboxylic acids is 1. The topological polar surface area (TPSA) is 107 Å². The minimum atomic E-state index is -1.26. The molecule has 0 saturated carbocycles. The maximum absolute atomic E-state index is 12.8. The summed E-state index contributed by atoms with van der Waals surface area (Å²) in [4.78, 5) is 36.2. The van der Waals surface area contributed by atoms with E-state index in [1.165, 1.54) is 6.20 Å². The zero-order chi connectivity index (χ0) is 22.3. The minimum absolute atomic E-state index is 0. The second-order valence-electron chi connectivity index (χ2n) is 8.97. The van der Waals surface area contributed by atoms with Crippen LogP contribution in [0.3, 0.4) is 0 Å². The molecule has 2 N–H and O–H groups in total. The molecule has 2 heterocycles. The molecule has 0 bridgehead atoms. The third-order valence-electron chi connectivity index (χ3n) is 4.94. The fourth-order valence-corrected chi connectivity index (χ4v) is 3.57. The summed E-state index contributed by atoms with van der Waals surface area (Å²) >= 11 is 0. The SMILES string of the molecule is CC(C)(C)OC(=O)NCCCc1cc2c3c(c1)c(=O)c(C(=O)O)cn3C(C)(C)OC2.[NaH]. The van der Waals surface area contributed by atoms with Gasteiger partial charge in [0.25, 0.3) is 0 Å². The van der Waals surface area contributed by atoms with Crippen molar-refractivity contribution in [2.24, 2.45) is 0 Å². The van der Waals surface area contributed by atoms with Gasteiger partial charge in [-0.1, -0.05) is 6.07 Å². The van der Waals surface area contributed by atoms with Gasteiger partial charge in [-0.05, 0) is 59.1 Å². The number of alkyl carbamates (subject to hydrolysis) is 1. The summed E-state index contributed by atoms with van der Waals surface area (Å²) < 4.78 is 12.8. The predicted molar refractivity (Wildman–Crippen MR) is 119 cm³/mol. The van der Waals surface area contributed by atoms with Crippen molar-refractivity contribution >= 4 is 52.5 Å². The first-order valence-corrected chi connectivity index (χ1v) is 9.95. The first-order valence-electron chi connectivity index (χ1n) is 9.95. The van der Waals surface area contributed by atoms with Crippen molar-refractivity contribution in [1.82, 2.24) is 9.88 Å². The predicted octanol–water partition coefficient (Wildman–Crippen LogP) is 2.73. The number of carbonyl (C=O) groups is 2. The Morgan fingerprint density at radius 1 is 1.29 bits per heavy atom. The molecule has 2 aromatic rings. The van der Waals surface area contributed by atoms with E-state index in [0.29, 0.717) is 36.9 Å². The van der Waals surface area contributed by atoms with Crippen LogP contribution in [0, 0.1) is 0 Å². The van der Waals surface area contributed by atoms with Gasteiger partial charge in [-0.25, -0.2) is 9.59 Å². The molecule has 1 aliphatic heterocycles. The molecule has 0 saturated heterocycles. The molecule has 1 aromatic heterocycles. The molecule has 1 aromatic carbocycles. The Balaban J connectivity index is 0.00000341. The van der Waals surface area contributed by atoms with E-state index in [1.807, 2.05) is 19.9 Å². The van der Waals surface area contributed by atoms with Gasteiger partial charge in [0.1, 0.15) is 16.9 Å². The van der Waals surface area contributed by atoms with E-state index >= 15 is 0 Å². The van der Waals surface area contributed by atoms with Crippen LogP contribution in [0.25, 0.3) is 10.9 Å². The number of amides is 1. The number of pyridine rings is 1. The van der Waals surface area contributed by atoms with Crippen LogP contribution in [0.15, 0.2) is 23.1 Å². The Hall–Kier alpha value is -1.87. The van der Waals surface area contributed by atoms with Crippen LogP contribution < -0.4 is 10.7 Å². The van der Waals surface area contributed by atoms with Gasteiger partial charge in [0.2, 0.25) is 5.43 Å². The van der Waals surface area contributed by atoms with Crippen LogP contribution in [0.1, 0.15) is 62.5 Å². The van der Waals surface area contributed by atoms with Crippen molar-refractivity contribution in [3.63, 3.8) is 0 Å². The number of benzene rings is 1. The first kappa shape index (κ1) is 25.4. The third kappa shape index (κ3) is 5.68. The molecule has 1 aliphatic rings. The van der Waals surface area contributed by atoms with E-state index in [1.54, 1.807) is 31.4 Å². The van der Waals surface area contributed by atoms with Crippen LogP contribution in [-0.4, -0.2) is 63.4 Å². The van der Waals surface area contributed by atoms with Crippen LogP contribution in [0.2, 0.25) is 0 Å². The van der Waals surface area contributed by atoms with Crippen molar-refractivity contribution in [3.05, 3.63) is 45.2 Å². The van der Waals surface area contributed by atoms with E-state index in [2.05, 4.69) is 5.32 Å². The molecular weight excluding hydrogens is 411 g/mol. The van der Waals surface area contributed by atoms with Crippen molar-refractivity contribution < 1.29 is 24.2 Å². The average Bonchev–Trinajstić information content (AvgIpc) is 2.61. The summed E-state index contributed by atoms with van der Waals surface area (Å²) in [7, 11) is 0. The number of hydrogen-bond acceptors (Lipinski definition) is 5. The number of ether oxygens (including phenoxy) is 2. The molecule has 9 heteroatoms. The van der Waals surface area contributed by atoms with Crippen molar-refractivity contribution in [3.8, 4) is 0 Å². The summed E-state index contributed by atoms with van der Waals surface area (Å²) in [5.74, 6) is -1.26. The van der Waals surface area contributed by atoms with Gasteiger partial charge in [-0.2, -0.15) is 0 Å². The van der Waals surface area contributed by atoms with Gasteiger partial charge < -0.3 is 24.5 Å². The summed E-state index contributed by atoms with van der Waals surface area (Å²) in [6.07, 6.45) is 2.14. The third-order valence-corrected chi connectivity index (χ3v) is 4.94. The number of nitrogens with one attached hydrogen (secondary N) is 1. The normalized spacial score (nSPS) is 14.6. The summed E-state index contributed by atoms with van der Waals surface area (Å²) in [6, 6.07) is 3.72. The second-order valence-corrected chi connectivity index (χ2v) is 8.97. The number of rotatable bonds is 5. The van der Waals surface area contributed by atoms with Gasteiger partial charge in [0.05, 0.1) is 12.1 Å². The Morgan fingerprint density at radius 3 is 2.58 bits per heavy atom. The van der Waals surface area contributed by atoms with Gasteiger partial charge >= 0.3 is 41.6 Å². The Morgan fingerprint density at radius 2 is 1.97 bits per heavy atom. The molecule has 1 amide bonds. The number of aryl methyl sites for hydroxylation is 1. The quantitative estimate of drug-likeness (QED) is 0.547. The number of aromatic nitrogens is 1. The molecule has 3 rings (SSSR count). The maximum atomic E-state index is 12.8. The Kier molecular flexibility index (Phi) is 7.63. The van der Waals surface area contributed by atoms with Crippen LogP contribution in [-0.2, 0) is 28.2 Å². The molecule has 0 spiro atoms. The number of carboxylic acid groups (broad SMARTS) is 1. The summed E-state index contributed by atoms with van der Waals surface area (Å²) in [5.41, 5.74) is 0.339. The van der Waals surface area contributed by atoms with Gasteiger partial charge in [0.15, 0.2) is 0 Å². The summed E-state index contributed by atoms with van der Waals surface area (Å²) in [5, 5.41) is 12.6. The van der Waals surface area contributed by atoms with E-state index in [4.69, 9.17) is 9.47 Å². The standard InChI is InChI=1S/C22H28N2O6.Na.H/c1-21(2,3)30-20(28)23-8-6-7-13-9-14-12-29-22(4,5)24-11-16(19(26)27)18(25)15(10-13)17(14)24;;/h9-11H,6-8,12H2,1-5H3,(H,23,28)(H,26,27);;. The molecule has 0 atom stereocenters. The van der Waals surface area contributed by atoms with Crippen LogP contribution in [0.4, 0.5) is 4.79 Å². The molecular formula is C22H29N2NaO6. The number of nitrogens with zero attached hydrogens (tertiary/aromatic N) is 1. The van der Waals surface area contributed by atoms with Gasteiger partial charge in [-0.15, -0.1) is 0 Å². The van der Waals surface area contributed by atoms with Crippen molar-refractivity contribution in [2.75, 3.05) is 6.54 Å². The van der Waals surface area contributed by atoms with Crippen molar-refractivity contribution in [1.29, 1.82) is 0 Å². The van der Waals surface area contributed by atoms with Gasteiger partial charge in [0, 0.05) is 23.7 Å². The molecule has 0 radical (unpaired) electrons. The molecule has 0 unspecified atom stereocenters. The Labute approximate surface area is 203 Å². The average molecular weight is 440 g/mol. The van der Waals surface area contributed by atoms with Gasteiger partial charge in [-0.3, -0.25) is 4.79 Å². The Bertz CT molecular complexity index is 1070. The fourth-order valence-electron chi connectivity index (χ4n) is 3.57.